The Balaban J connectivity index is 1.71. The summed E-state index contributed by atoms with van der Waals surface area (Å²) in [6, 6.07) is 0. The number of esters is 1. The van der Waals surface area contributed by atoms with Gasteiger partial charge in [-0.2, -0.15) is 0 Å². The molecule has 0 aromatic heterocycles. The van der Waals surface area contributed by atoms with Gasteiger partial charge in [0.25, 0.3) is 0 Å². The van der Waals surface area contributed by atoms with Crippen LogP contribution in [0.25, 0.3) is 0 Å². The van der Waals surface area contributed by atoms with Gasteiger partial charge in [0.2, 0.25) is 0 Å². The van der Waals surface area contributed by atoms with Gasteiger partial charge in [0.15, 0.2) is 0 Å². The first-order valence-electron chi connectivity index (χ1n) is 8.67. The number of carbonyl (C=O) groups excluding carboxylic acids is 1. The molecule has 3 nitrogen and oxygen atoms in total. The molecule has 21 heavy (non-hydrogen) atoms. The fraction of sp³-hybridized carbons (Fsp3) is 0.833. The largest absolute Gasteiger partial charge is 0.459 e. The number of aliphatic hydroxyl groups excluding tert-OH is 1. The van der Waals surface area contributed by atoms with E-state index in [1.165, 1.54) is 32.1 Å². The molecule has 1 N–H and O–H groups in total. The molecule has 0 amide bonds. The molecule has 0 saturated heterocycles. The highest BCUT2D eigenvalue weighted by Crippen LogP contribution is 2.31. The zero-order chi connectivity index (χ0) is 15.1. The monoisotopic (exact) mass is 294 g/mol. The Morgan fingerprint density at radius 2 is 1.67 bits per heavy atom. The lowest BCUT2D eigenvalue weighted by atomic mass is 9.81. The summed E-state index contributed by atoms with van der Waals surface area (Å²) in [7, 11) is 0. The Morgan fingerprint density at radius 1 is 1.05 bits per heavy atom. The summed E-state index contributed by atoms with van der Waals surface area (Å²) in [6.45, 7) is 2.21. The molecule has 2 aliphatic rings. The molecule has 0 radical (unpaired) electrons. The van der Waals surface area contributed by atoms with Crippen LogP contribution in [0.15, 0.2) is 11.6 Å². The number of ether oxygens (including phenoxy) is 1. The van der Waals surface area contributed by atoms with Crippen molar-refractivity contribution in [1.82, 2.24) is 0 Å². The minimum atomic E-state index is -0.119. The summed E-state index contributed by atoms with van der Waals surface area (Å²) in [5, 5.41) is 9.15. The van der Waals surface area contributed by atoms with Crippen molar-refractivity contribution in [2.75, 3.05) is 6.61 Å². The van der Waals surface area contributed by atoms with Gasteiger partial charge in [-0.15, -0.1) is 0 Å². The number of allylic oxidation sites excluding steroid dienone is 1. The van der Waals surface area contributed by atoms with Crippen LogP contribution >= 0.6 is 0 Å². The standard InChI is InChI=1S/C18H30O3/c1-14(18(20)21-17-5-3-2-4-6-17)7-8-15-9-11-16(13-19)12-10-15/h7,15-17,19H,2-6,8-13H2,1H3. The lowest BCUT2D eigenvalue weighted by Crippen LogP contribution is -2.21. The smallest absolute Gasteiger partial charge is 0.333 e. The van der Waals surface area contributed by atoms with E-state index >= 15 is 0 Å². The Kier molecular flexibility index (Phi) is 6.75. The Labute approximate surface area is 128 Å². The van der Waals surface area contributed by atoms with Crippen molar-refractivity contribution >= 4 is 5.97 Å². The second-order valence-electron chi connectivity index (χ2n) is 6.86. The van der Waals surface area contributed by atoms with E-state index in [-0.39, 0.29) is 12.1 Å². The fourth-order valence-electron chi connectivity index (χ4n) is 3.50. The third-order valence-electron chi connectivity index (χ3n) is 5.13. The summed E-state index contributed by atoms with van der Waals surface area (Å²) in [4.78, 5) is 12.1. The highest BCUT2D eigenvalue weighted by atomic mass is 16.5. The SMILES string of the molecule is CC(=CCC1CCC(CO)CC1)C(=O)OC1CCCCC1. The molecule has 0 bridgehead atoms. The maximum absolute atomic E-state index is 12.1. The predicted octanol–water partition coefficient (Wildman–Crippen LogP) is 4.00. The lowest BCUT2D eigenvalue weighted by molar-refractivity contribution is -0.145. The molecule has 0 atom stereocenters. The van der Waals surface area contributed by atoms with Crippen LogP contribution in [0.1, 0.15) is 71.1 Å². The second kappa shape index (κ2) is 8.57. The number of rotatable bonds is 5. The number of hydrogen-bond donors (Lipinski definition) is 1. The lowest BCUT2D eigenvalue weighted by Gasteiger charge is -2.26. The summed E-state index contributed by atoms with van der Waals surface area (Å²) >= 11 is 0. The van der Waals surface area contributed by atoms with E-state index in [9.17, 15) is 4.79 Å². The molecular formula is C18H30O3. The summed E-state index contributed by atoms with van der Waals surface area (Å²) < 4.78 is 5.59. The van der Waals surface area contributed by atoms with Gasteiger partial charge in [-0.25, -0.2) is 4.79 Å². The topological polar surface area (TPSA) is 46.5 Å². The molecule has 0 aromatic carbocycles. The normalized spacial score (nSPS) is 28.4. The highest BCUT2D eigenvalue weighted by molar-refractivity contribution is 5.87. The summed E-state index contributed by atoms with van der Waals surface area (Å²) in [6.07, 6.45) is 13.5. The van der Waals surface area contributed by atoms with Crippen molar-refractivity contribution in [2.24, 2.45) is 11.8 Å². The molecule has 0 aromatic rings. The van der Waals surface area contributed by atoms with Crippen LogP contribution < -0.4 is 0 Å². The molecule has 2 fully saturated rings. The maximum Gasteiger partial charge on any atom is 0.333 e. The van der Waals surface area contributed by atoms with E-state index in [4.69, 9.17) is 9.84 Å². The Morgan fingerprint density at radius 3 is 2.29 bits per heavy atom. The van der Waals surface area contributed by atoms with E-state index in [2.05, 4.69) is 6.08 Å². The average molecular weight is 294 g/mol. The molecule has 0 unspecified atom stereocenters. The van der Waals surface area contributed by atoms with Gasteiger partial charge in [-0.05, 0) is 76.5 Å². The average Bonchev–Trinajstić information content (AvgIpc) is 2.54. The zero-order valence-corrected chi connectivity index (χ0v) is 13.4. The molecule has 120 valence electrons. The molecule has 0 spiro atoms. The number of carbonyl (C=O) groups is 1. The van der Waals surface area contributed by atoms with Crippen molar-refractivity contribution in [1.29, 1.82) is 0 Å². The second-order valence-corrected chi connectivity index (χ2v) is 6.86. The summed E-state index contributed by atoms with van der Waals surface area (Å²) in [5.74, 6) is 1.05. The first kappa shape index (κ1) is 16.5. The van der Waals surface area contributed by atoms with Crippen LogP contribution in [0.5, 0.6) is 0 Å². The number of aliphatic hydroxyl groups is 1. The van der Waals surface area contributed by atoms with E-state index in [0.29, 0.717) is 18.4 Å². The van der Waals surface area contributed by atoms with Crippen LogP contribution in [-0.4, -0.2) is 23.8 Å². The van der Waals surface area contributed by atoms with Gasteiger partial charge in [-0.1, -0.05) is 12.5 Å². The zero-order valence-electron chi connectivity index (χ0n) is 13.4. The van der Waals surface area contributed by atoms with Gasteiger partial charge in [0.05, 0.1) is 0 Å². The van der Waals surface area contributed by atoms with Gasteiger partial charge in [-0.3, -0.25) is 0 Å². The molecule has 2 rings (SSSR count). The molecule has 2 saturated carbocycles. The van der Waals surface area contributed by atoms with E-state index in [1.807, 2.05) is 6.92 Å². The fourth-order valence-corrected chi connectivity index (χ4v) is 3.50. The van der Waals surface area contributed by atoms with Gasteiger partial charge in [0, 0.05) is 12.2 Å². The van der Waals surface area contributed by atoms with Crippen molar-refractivity contribution in [3.05, 3.63) is 11.6 Å². The predicted molar refractivity (Wildman–Crippen MR) is 83.9 cm³/mol. The van der Waals surface area contributed by atoms with Gasteiger partial charge < -0.3 is 9.84 Å². The molecule has 0 aliphatic heterocycles. The quantitative estimate of drug-likeness (QED) is 0.616. The van der Waals surface area contributed by atoms with Crippen LogP contribution in [0.3, 0.4) is 0 Å². The third kappa shape index (κ3) is 5.46. The van der Waals surface area contributed by atoms with Crippen LogP contribution in [-0.2, 0) is 9.53 Å². The van der Waals surface area contributed by atoms with Crippen LogP contribution in [0.2, 0.25) is 0 Å². The van der Waals surface area contributed by atoms with Crippen LogP contribution in [0, 0.1) is 11.8 Å². The molecule has 3 heteroatoms. The molecule has 0 heterocycles. The highest BCUT2D eigenvalue weighted by Gasteiger charge is 2.21. The van der Waals surface area contributed by atoms with E-state index in [1.54, 1.807) is 0 Å². The first-order chi connectivity index (χ1) is 10.2. The Hall–Kier alpha value is -0.830. The third-order valence-corrected chi connectivity index (χ3v) is 5.13. The van der Waals surface area contributed by atoms with Crippen molar-refractivity contribution < 1.29 is 14.6 Å². The van der Waals surface area contributed by atoms with Crippen molar-refractivity contribution in [3.8, 4) is 0 Å². The maximum atomic E-state index is 12.1. The minimum absolute atomic E-state index is 0.119. The Bertz CT molecular complexity index is 347. The minimum Gasteiger partial charge on any atom is -0.459 e. The van der Waals surface area contributed by atoms with Crippen molar-refractivity contribution in [3.63, 3.8) is 0 Å². The molecule has 2 aliphatic carbocycles. The summed E-state index contributed by atoms with van der Waals surface area (Å²) in [5.41, 5.74) is 0.768. The van der Waals surface area contributed by atoms with E-state index in [0.717, 1.165) is 37.7 Å². The molecular weight excluding hydrogens is 264 g/mol. The number of hydrogen-bond acceptors (Lipinski definition) is 3. The first-order valence-corrected chi connectivity index (χ1v) is 8.67. The van der Waals surface area contributed by atoms with Gasteiger partial charge >= 0.3 is 5.97 Å². The van der Waals surface area contributed by atoms with Crippen molar-refractivity contribution in [2.45, 2.75) is 77.2 Å². The van der Waals surface area contributed by atoms with Gasteiger partial charge in [0.1, 0.15) is 6.10 Å². The van der Waals surface area contributed by atoms with Crippen LogP contribution in [0.4, 0.5) is 0 Å². The van der Waals surface area contributed by atoms with E-state index < -0.39 is 0 Å².